The van der Waals surface area contributed by atoms with E-state index in [1.54, 1.807) is 25.4 Å². The van der Waals surface area contributed by atoms with E-state index >= 15 is 0 Å². The van der Waals surface area contributed by atoms with Crippen molar-refractivity contribution >= 4 is 11.6 Å². The molecule has 0 saturated heterocycles. The molecule has 0 aromatic carbocycles. The normalized spacial score (nSPS) is 10.7. The molecule has 0 aliphatic rings. The molecular weight excluding hydrogens is 302 g/mol. The summed E-state index contributed by atoms with van der Waals surface area (Å²) in [6.45, 7) is 0.151. The Kier molecular flexibility index (Phi) is 3.79. The first-order chi connectivity index (χ1) is 11.1. The van der Waals surface area contributed by atoms with E-state index in [4.69, 9.17) is 9.47 Å². The van der Waals surface area contributed by atoms with Gasteiger partial charge >= 0.3 is 0 Å². The Labute approximate surface area is 131 Å². The molecule has 10 heteroatoms. The number of ether oxygens (including phenoxy) is 2. The number of carbonyl (C=O) groups is 1. The molecule has 0 spiro atoms. The molecule has 0 aliphatic heterocycles. The number of nitrogens with zero attached hydrogens (tertiary/aromatic N) is 6. The number of hydrogen-bond acceptors (Lipinski definition) is 7. The number of methoxy groups -OCH3 is 2. The van der Waals surface area contributed by atoms with Crippen LogP contribution >= 0.6 is 0 Å². The maximum atomic E-state index is 12.2. The lowest BCUT2D eigenvalue weighted by Gasteiger charge is -2.04. The lowest BCUT2D eigenvalue weighted by Crippen LogP contribution is -2.24. The number of carbonyl (C=O) groups excluding carboxylic acids is 1. The third kappa shape index (κ3) is 2.78. The summed E-state index contributed by atoms with van der Waals surface area (Å²) < 4.78 is 13.2. The molecule has 3 rings (SSSR count). The third-order valence-electron chi connectivity index (χ3n) is 3.15. The minimum atomic E-state index is -0.324. The van der Waals surface area contributed by atoms with Crippen LogP contribution in [0.4, 0.5) is 0 Å². The molecule has 3 heterocycles. The van der Waals surface area contributed by atoms with E-state index in [9.17, 15) is 4.79 Å². The molecule has 120 valence electrons. The topological polar surface area (TPSA) is 108 Å². The van der Waals surface area contributed by atoms with Gasteiger partial charge in [-0.2, -0.15) is 4.52 Å². The fraction of sp³-hybridized carbons (Fsp3) is 0.308. The highest BCUT2D eigenvalue weighted by Crippen LogP contribution is 2.14. The van der Waals surface area contributed by atoms with Crippen molar-refractivity contribution in [2.24, 2.45) is 7.05 Å². The van der Waals surface area contributed by atoms with Crippen LogP contribution in [-0.2, 0) is 13.6 Å². The summed E-state index contributed by atoms with van der Waals surface area (Å²) >= 11 is 0. The van der Waals surface area contributed by atoms with Crippen molar-refractivity contribution < 1.29 is 14.3 Å². The average Bonchev–Trinajstić information content (AvgIpc) is 3.15. The van der Waals surface area contributed by atoms with E-state index in [1.165, 1.54) is 23.4 Å². The van der Waals surface area contributed by atoms with E-state index in [0.717, 1.165) is 0 Å². The Bertz CT molecular complexity index is 854. The van der Waals surface area contributed by atoms with Gasteiger partial charge in [-0.05, 0) is 6.07 Å². The number of rotatable bonds is 5. The van der Waals surface area contributed by atoms with Gasteiger partial charge in [-0.1, -0.05) is 0 Å². The molecule has 0 bridgehead atoms. The van der Waals surface area contributed by atoms with Gasteiger partial charge in [0.05, 0.1) is 20.8 Å². The monoisotopic (exact) mass is 317 g/mol. The van der Waals surface area contributed by atoms with Crippen molar-refractivity contribution in [3.63, 3.8) is 0 Å². The Balaban J connectivity index is 1.79. The fourth-order valence-corrected chi connectivity index (χ4v) is 2.06. The second-order valence-corrected chi connectivity index (χ2v) is 4.67. The molecule has 3 aromatic rings. The smallest absolute Gasteiger partial charge is 0.258 e. The molecule has 23 heavy (non-hydrogen) atoms. The number of amides is 1. The van der Waals surface area contributed by atoms with Gasteiger partial charge in [0.15, 0.2) is 11.5 Å². The predicted octanol–water partition coefficient (Wildman–Crippen LogP) is -0.195. The SMILES string of the molecule is COc1ccc2nnc(CNC(=O)c3cn(C)nc3OC)n2n1. The maximum absolute atomic E-state index is 12.2. The van der Waals surface area contributed by atoms with Gasteiger partial charge in [-0.15, -0.1) is 20.4 Å². The van der Waals surface area contributed by atoms with E-state index in [-0.39, 0.29) is 18.3 Å². The summed E-state index contributed by atoms with van der Waals surface area (Å²) in [5, 5.41) is 19.0. The summed E-state index contributed by atoms with van der Waals surface area (Å²) in [6.07, 6.45) is 1.58. The molecule has 1 amide bonds. The molecule has 0 radical (unpaired) electrons. The number of aryl methyl sites for hydroxylation is 1. The van der Waals surface area contributed by atoms with Crippen LogP contribution in [0.25, 0.3) is 5.65 Å². The van der Waals surface area contributed by atoms with Crippen molar-refractivity contribution in [1.29, 1.82) is 0 Å². The summed E-state index contributed by atoms with van der Waals surface area (Å²) in [5.74, 6) is 0.847. The first-order valence-corrected chi connectivity index (χ1v) is 6.73. The van der Waals surface area contributed by atoms with E-state index < -0.39 is 0 Å². The summed E-state index contributed by atoms with van der Waals surface area (Å²) in [6, 6.07) is 3.42. The van der Waals surface area contributed by atoms with Crippen LogP contribution in [0.2, 0.25) is 0 Å². The fourth-order valence-electron chi connectivity index (χ4n) is 2.06. The standard InChI is InChI=1S/C13H15N7O3/c1-19-7-8(13(18-19)23-3)12(21)14-6-10-16-15-9-4-5-11(22-2)17-20(9)10/h4-5,7H,6H2,1-3H3,(H,14,21). The van der Waals surface area contributed by atoms with Gasteiger partial charge in [-0.25, -0.2) is 0 Å². The Morgan fingerprint density at radius 1 is 1.22 bits per heavy atom. The predicted molar refractivity (Wildman–Crippen MR) is 78.3 cm³/mol. The first-order valence-electron chi connectivity index (χ1n) is 6.73. The quantitative estimate of drug-likeness (QED) is 0.694. The molecule has 0 unspecified atom stereocenters. The highest BCUT2D eigenvalue weighted by molar-refractivity contribution is 5.96. The molecule has 1 N–H and O–H groups in total. The molecule has 3 aromatic heterocycles. The minimum absolute atomic E-state index is 0.151. The Morgan fingerprint density at radius 2 is 2.04 bits per heavy atom. The van der Waals surface area contributed by atoms with E-state index in [2.05, 4.69) is 25.7 Å². The van der Waals surface area contributed by atoms with Crippen molar-refractivity contribution in [2.45, 2.75) is 6.54 Å². The van der Waals surface area contributed by atoms with E-state index in [0.29, 0.717) is 22.9 Å². The largest absolute Gasteiger partial charge is 0.480 e. The number of hydrogen-bond donors (Lipinski definition) is 1. The summed E-state index contributed by atoms with van der Waals surface area (Å²) in [7, 11) is 4.69. The maximum Gasteiger partial charge on any atom is 0.258 e. The molecule has 0 aliphatic carbocycles. The van der Waals surface area contributed by atoms with Crippen LogP contribution in [0.15, 0.2) is 18.3 Å². The van der Waals surface area contributed by atoms with Gasteiger partial charge in [0.1, 0.15) is 5.56 Å². The molecule has 0 saturated carbocycles. The van der Waals surface area contributed by atoms with Crippen LogP contribution in [-0.4, -0.2) is 49.7 Å². The molecular formula is C13H15N7O3. The van der Waals surface area contributed by atoms with Crippen molar-refractivity contribution in [1.82, 2.24) is 34.9 Å². The highest BCUT2D eigenvalue weighted by Gasteiger charge is 2.17. The zero-order valence-electron chi connectivity index (χ0n) is 12.8. The Morgan fingerprint density at radius 3 is 2.78 bits per heavy atom. The highest BCUT2D eigenvalue weighted by atomic mass is 16.5. The van der Waals surface area contributed by atoms with Crippen molar-refractivity contribution in [3.05, 3.63) is 29.7 Å². The van der Waals surface area contributed by atoms with Crippen molar-refractivity contribution in [3.8, 4) is 11.8 Å². The molecule has 0 atom stereocenters. The van der Waals surface area contributed by atoms with Gasteiger partial charge in [0.25, 0.3) is 5.91 Å². The van der Waals surface area contributed by atoms with Crippen molar-refractivity contribution in [2.75, 3.05) is 14.2 Å². The van der Waals surface area contributed by atoms with Crippen LogP contribution in [0.1, 0.15) is 16.2 Å². The van der Waals surface area contributed by atoms with Crippen LogP contribution < -0.4 is 14.8 Å². The lowest BCUT2D eigenvalue weighted by molar-refractivity contribution is 0.0946. The minimum Gasteiger partial charge on any atom is -0.480 e. The number of fused-ring (bicyclic) bond motifs is 1. The van der Waals surface area contributed by atoms with Crippen LogP contribution in [0.3, 0.4) is 0 Å². The summed E-state index contributed by atoms with van der Waals surface area (Å²) in [4.78, 5) is 12.2. The van der Waals surface area contributed by atoms with Gasteiger partial charge in [-0.3, -0.25) is 9.48 Å². The third-order valence-corrected chi connectivity index (χ3v) is 3.15. The van der Waals surface area contributed by atoms with Gasteiger partial charge in [0.2, 0.25) is 11.8 Å². The van der Waals surface area contributed by atoms with Crippen LogP contribution in [0, 0.1) is 0 Å². The number of nitrogens with one attached hydrogen (secondary N) is 1. The van der Waals surface area contributed by atoms with Crippen LogP contribution in [0.5, 0.6) is 11.8 Å². The molecule has 10 nitrogen and oxygen atoms in total. The van der Waals surface area contributed by atoms with Gasteiger partial charge < -0.3 is 14.8 Å². The zero-order valence-corrected chi connectivity index (χ0v) is 12.8. The summed E-state index contributed by atoms with van der Waals surface area (Å²) in [5.41, 5.74) is 0.906. The first kappa shape index (κ1) is 14.8. The zero-order chi connectivity index (χ0) is 16.4. The Hall–Kier alpha value is -3.17. The lowest BCUT2D eigenvalue weighted by atomic mass is 10.3. The van der Waals surface area contributed by atoms with E-state index in [1.807, 2.05) is 0 Å². The van der Waals surface area contributed by atoms with Gasteiger partial charge in [0, 0.05) is 19.3 Å². The second kappa shape index (κ2) is 5.91. The second-order valence-electron chi connectivity index (χ2n) is 4.67. The molecule has 0 fully saturated rings. The average molecular weight is 317 g/mol. The number of aromatic nitrogens is 6.